The number of aromatic nitrogens is 2. The molecule has 6 nitrogen and oxygen atoms in total. The fraction of sp³-hybridized carbons (Fsp3) is 0.154. The van der Waals surface area contributed by atoms with E-state index < -0.39 is 0 Å². The molecule has 1 aromatic heterocycles. The second-order valence-corrected chi connectivity index (χ2v) is 5.13. The summed E-state index contributed by atoms with van der Waals surface area (Å²) in [5.74, 6) is -0.351. The van der Waals surface area contributed by atoms with Gasteiger partial charge in [0, 0.05) is 19.8 Å². The van der Waals surface area contributed by atoms with Crippen LogP contribution in [0.1, 0.15) is 16.1 Å². The van der Waals surface area contributed by atoms with Crippen molar-refractivity contribution in [3.63, 3.8) is 0 Å². The lowest BCUT2D eigenvalue weighted by molar-refractivity contribution is 0.0949. The fourth-order valence-electron chi connectivity index (χ4n) is 1.51. The number of aromatic amines is 1. The molecule has 0 saturated carbocycles. The molecular formula is C13H14BrN5O. The van der Waals surface area contributed by atoms with Crippen molar-refractivity contribution in [3.05, 3.63) is 46.2 Å². The lowest BCUT2D eigenvalue weighted by Gasteiger charge is -2.11. The van der Waals surface area contributed by atoms with Crippen LogP contribution in [-0.4, -0.2) is 36.4 Å². The molecule has 7 heteroatoms. The molecular weight excluding hydrogens is 322 g/mol. The molecule has 0 spiro atoms. The first kappa shape index (κ1) is 14.3. The second-order valence-electron chi connectivity index (χ2n) is 4.28. The van der Waals surface area contributed by atoms with E-state index in [0.29, 0.717) is 10.2 Å². The van der Waals surface area contributed by atoms with Gasteiger partial charge in [-0.15, -0.1) is 0 Å². The smallest absolute Gasteiger partial charge is 0.290 e. The van der Waals surface area contributed by atoms with Crippen LogP contribution in [0.2, 0.25) is 0 Å². The van der Waals surface area contributed by atoms with Crippen molar-refractivity contribution < 1.29 is 4.79 Å². The number of carbonyl (C=O) groups excluding carboxylic acids is 1. The Balaban J connectivity index is 1.96. The number of benzene rings is 1. The summed E-state index contributed by atoms with van der Waals surface area (Å²) in [6.07, 6.45) is 3.10. The normalized spacial score (nSPS) is 10.8. The molecule has 20 heavy (non-hydrogen) atoms. The number of hydrazone groups is 1. The summed E-state index contributed by atoms with van der Waals surface area (Å²) < 4.78 is 0.598. The number of H-pyrrole nitrogens is 1. The zero-order valence-electron chi connectivity index (χ0n) is 11.1. The maximum atomic E-state index is 11.7. The van der Waals surface area contributed by atoms with Crippen LogP contribution in [0.5, 0.6) is 0 Å². The fourth-order valence-corrected chi connectivity index (χ4v) is 1.88. The average molecular weight is 336 g/mol. The molecule has 2 N–H and O–H groups in total. The van der Waals surface area contributed by atoms with Crippen LogP contribution in [0.3, 0.4) is 0 Å². The van der Waals surface area contributed by atoms with Crippen LogP contribution in [0.4, 0.5) is 5.69 Å². The lowest BCUT2D eigenvalue weighted by atomic mass is 10.2. The Morgan fingerprint density at radius 1 is 1.40 bits per heavy atom. The van der Waals surface area contributed by atoms with Gasteiger partial charge in [-0.1, -0.05) is 12.1 Å². The van der Waals surface area contributed by atoms with Crippen molar-refractivity contribution in [2.24, 2.45) is 5.10 Å². The minimum absolute atomic E-state index is 0.338. The number of halogens is 1. The maximum Gasteiger partial charge on any atom is 0.290 e. The molecule has 1 heterocycles. The number of rotatable bonds is 4. The van der Waals surface area contributed by atoms with E-state index >= 15 is 0 Å². The van der Waals surface area contributed by atoms with Gasteiger partial charge in [0.2, 0.25) is 0 Å². The highest BCUT2D eigenvalue weighted by atomic mass is 79.9. The second kappa shape index (κ2) is 6.33. The van der Waals surface area contributed by atoms with Gasteiger partial charge in [-0.05, 0) is 33.6 Å². The molecule has 0 fully saturated rings. The van der Waals surface area contributed by atoms with Crippen molar-refractivity contribution in [3.8, 4) is 0 Å². The van der Waals surface area contributed by atoms with E-state index in [2.05, 4.69) is 36.7 Å². The molecule has 0 aliphatic carbocycles. The largest absolute Gasteiger partial charge is 0.378 e. The maximum absolute atomic E-state index is 11.7. The van der Waals surface area contributed by atoms with Gasteiger partial charge in [0.15, 0.2) is 0 Å². The number of amides is 1. The van der Waals surface area contributed by atoms with E-state index in [1.807, 2.05) is 43.3 Å². The van der Waals surface area contributed by atoms with E-state index in [4.69, 9.17) is 0 Å². The molecule has 104 valence electrons. The van der Waals surface area contributed by atoms with E-state index in [0.717, 1.165) is 11.3 Å². The average Bonchev–Trinajstić information content (AvgIpc) is 2.85. The Bertz CT molecular complexity index is 618. The van der Waals surface area contributed by atoms with Gasteiger partial charge >= 0.3 is 0 Å². The summed E-state index contributed by atoms with van der Waals surface area (Å²) in [6, 6.07) is 7.82. The standard InChI is InChI=1S/C13H14BrN5O/c1-19(2)10-5-3-9(4-6-10)7-15-18-13(20)12-11(14)8-16-17-12/h3-8H,1-2H3,(H,16,17)(H,18,20). The van der Waals surface area contributed by atoms with E-state index in [1.165, 1.54) is 6.20 Å². The van der Waals surface area contributed by atoms with Gasteiger partial charge in [0.05, 0.1) is 16.9 Å². The van der Waals surface area contributed by atoms with Crippen molar-refractivity contribution >= 4 is 33.7 Å². The lowest BCUT2D eigenvalue weighted by Crippen LogP contribution is -2.18. The van der Waals surface area contributed by atoms with E-state index in [9.17, 15) is 4.79 Å². The van der Waals surface area contributed by atoms with Crippen molar-refractivity contribution in [2.45, 2.75) is 0 Å². The zero-order chi connectivity index (χ0) is 14.5. The molecule has 0 atom stereocenters. The van der Waals surface area contributed by atoms with Crippen molar-refractivity contribution in [1.29, 1.82) is 0 Å². The number of carbonyl (C=O) groups is 1. The van der Waals surface area contributed by atoms with Crippen LogP contribution in [-0.2, 0) is 0 Å². The highest BCUT2D eigenvalue weighted by Crippen LogP contribution is 2.12. The molecule has 0 aliphatic heterocycles. The minimum Gasteiger partial charge on any atom is -0.378 e. The summed E-state index contributed by atoms with van der Waals surface area (Å²) in [6.45, 7) is 0. The summed E-state index contributed by atoms with van der Waals surface area (Å²) in [4.78, 5) is 13.7. The molecule has 0 radical (unpaired) electrons. The Kier molecular flexibility index (Phi) is 4.52. The van der Waals surface area contributed by atoms with Crippen LogP contribution < -0.4 is 10.3 Å². The summed E-state index contributed by atoms with van der Waals surface area (Å²) >= 11 is 3.21. The molecule has 1 aromatic carbocycles. The third kappa shape index (κ3) is 3.45. The van der Waals surface area contributed by atoms with Crippen LogP contribution >= 0.6 is 15.9 Å². The Morgan fingerprint density at radius 3 is 2.65 bits per heavy atom. The number of hydrogen-bond acceptors (Lipinski definition) is 4. The van der Waals surface area contributed by atoms with E-state index in [-0.39, 0.29) is 5.91 Å². The zero-order valence-corrected chi connectivity index (χ0v) is 12.7. The van der Waals surface area contributed by atoms with Gasteiger partial charge < -0.3 is 4.90 Å². The van der Waals surface area contributed by atoms with Gasteiger partial charge in [0.25, 0.3) is 5.91 Å². The van der Waals surface area contributed by atoms with Crippen LogP contribution in [0.15, 0.2) is 40.0 Å². The van der Waals surface area contributed by atoms with Gasteiger partial charge in [0.1, 0.15) is 5.69 Å². The SMILES string of the molecule is CN(C)c1ccc(C=NNC(=O)c2[nH]ncc2Br)cc1. The first-order valence-corrected chi connectivity index (χ1v) is 6.67. The number of nitrogens with zero attached hydrogens (tertiary/aromatic N) is 3. The Hall–Kier alpha value is -2.15. The first-order chi connectivity index (χ1) is 9.58. The van der Waals surface area contributed by atoms with Crippen LogP contribution in [0, 0.1) is 0 Å². The molecule has 2 rings (SSSR count). The minimum atomic E-state index is -0.351. The Morgan fingerprint density at radius 2 is 2.10 bits per heavy atom. The van der Waals surface area contributed by atoms with Crippen LogP contribution in [0.25, 0.3) is 0 Å². The molecule has 2 aromatic rings. The third-order valence-corrected chi connectivity index (χ3v) is 3.21. The summed E-state index contributed by atoms with van der Waals surface area (Å²) in [7, 11) is 3.96. The predicted molar refractivity (Wildman–Crippen MR) is 82.1 cm³/mol. The van der Waals surface area contributed by atoms with Gasteiger partial charge in [-0.3, -0.25) is 9.89 Å². The molecule has 0 saturated heterocycles. The first-order valence-electron chi connectivity index (χ1n) is 5.87. The summed E-state index contributed by atoms with van der Waals surface area (Å²) in [5, 5.41) is 10.2. The quantitative estimate of drug-likeness (QED) is 0.663. The monoisotopic (exact) mass is 335 g/mol. The third-order valence-electron chi connectivity index (χ3n) is 2.61. The summed E-state index contributed by atoms with van der Waals surface area (Å²) in [5.41, 5.74) is 4.78. The number of nitrogens with one attached hydrogen (secondary N) is 2. The highest BCUT2D eigenvalue weighted by molar-refractivity contribution is 9.10. The van der Waals surface area contributed by atoms with E-state index in [1.54, 1.807) is 6.21 Å². The van der Waals surface area contributed by atoms with Gasteiger partial charge in [-0.2, -0.15) is 10.2 Å². The molecule has 0 unspecified atom stereocenters. The number of hydrogen-bond donors (Lipinski definition) is 2. The highest BCUT2D eigenvalue weighted by Gasteiger charge is 2.10. The number of anilines is 1. The van der Waals surface area contributed by atoms with Crippen molar-refractivity contribution in [1.82, 2.24) is 15.6 Å². The van der Waals surface area contributed by atoms with Crippen molar-refractivity contribution in [2.75, 3.05) is 19.0 Å². The predicted octanol–water partition coefficient (Wildman–Crippen LogP) is 2.00. The van der Waals surface area contributed by atoms with Gasteiger partial charge in [-0.25, -0.2) is 5.43 Å². The molecule has 0 bridgehead atoms. The topological polar surface area (TPSA) is 73.4 Å². The molecule has 0 aliphatic rings. The Labute approximate surface area is 125 Å². The molecule has 1 amide bonds.